The predicted molar refractivity (Wildman–Crippen MR) is 32.6 cm³/mol. The molecule has 0 aromatic heterocycles. The number of carbonyl (C=O) groups excluding carboxylic acids is 1. The topological polar surface area (TPSA) is 110 Å². The van der Waals surface area contributed by atoms with Crippen LogP contribution in [0.2, 0.25) is 0 Å². The summed E-state index contributed by atoms with van der Waals surface area (Å²) < 4.78 is 4.25. The fraction of sp³-hybridized carbons (Fsp3) is 0.500. The van der Waals surface area contributed by atoms with E-state index in [-0.39, 0.29) is 29.6 Å². The van der Waals surface area contributed by atoms with E-state index in [1.54, 1.807) is 0 Å². The zero-order valence-electron chi connectivity index (χ0n) is 6.93. The molecule has 0 amide bonds. The van der Waals surface area contributed by atoms with Crippen molar-refractivity contribution < 1.29 is 59.5 Å². The van der Waals surface area contributed by atoms with Crippen molar-refractivity contribution in [3.63, 3.8) is 0 Å². The number of cyclic esters (lactones) is 1. The van der Waals surface area contributed by atoms with Gasteiger partial charge in [-0.2, -0.15) is 0 Å². The third-order valence-electron chi connectivity index (χ3n) is 1.46. The molecule has 13 heavy (non-hydrogen) atoms. The Labute approximate surface area is 95.7 Å². The van der Waals surface area contributed by atoms with Gasteiger partial charge in [0, 0.05) is 0 Å². The van der Waals surface area contributed by atoms with Crippen molar-refractivity contribution in [3.8, 4) is 0 Å². The average molecular weight is 198 g/mol. The minimum Gasteiger partial charge on any atom is -0.870 e. The van der Waals surface area contributed by atoms with Gasteiger partial charge in [-0.15, -0.1) is 0 Å². The van der Waals surface area contributed by atoms with Gasteiger partial charge >= 0.3 is 35.5 Å². The summed E-state index contributed by atoms with van der Waals surface area (Å²) in [5.41, 5.74) is 0. The van der Waals surface area contributed by atoms with Crippen LogP contribution < -0.4 is 34.7 Å². The number of aliphatic hydroxyl groups excluding tert-OH is 3. The molecular weight excluding hydrogens is 191 g/mol. The van der Waals surface area contributed by atoms with Crippen LogP contribution in [-0.4, -0.2) is 40.1 Å². The summed E-state index contributed by atoms with van der Waals surface area (Å²) in [5.74, 6) is -3.20. The summed E-state index contributed by atoms with van der Waals surface area (Å²) in [6, 6.07) is 0. The van der Waals surface area contributed by atoms with Crippen LogP contribution in [0, 0.1) is 0 Å². The molecular formula is C6H7NaO6. The van der Waals surface area contributed by atoms with Crippen LogP contribution in [0.4, 0.5) is 0 Å². The third kappa shape index (κ3) is 2.35. The Kier molecular flexibility index (Phi) is 4.72. The molecule has 1 heterocycles. The summed E-state index contributed by atoms with van der Waals surface area (Å²) in [6.45, 7) is -0.711. The van der Waals surface area contributed by atoms with E-state index in [1.165, 1.54) is 0 Å². The van der Waals surface area contributed by atoms with Crippen molar-refractivity contribution in [1.82, 2.24) is 0 Å². The Morgan fingerprint density at radius 3 is 2.46 bits per heavy atom. The van der Waals surface area contributed by atoms with E-state index in [4.69, 9.17) is 15.3 Å². The second kappa shape index (κ2) is 4.83. The van der Waals surface area contributed by atoms with Crippen LogP contribution in [0.1, 0.15) is 0 Å². The normalized spacial score (nSPS) is 23.8. The first kappa shape index (κ1) is 12.7. The van der Waals surface area contributed by atoms with Crippen molar-refractivity contribution in [3.05, 3.63) is 11.5 Å². The minimum absolute atomic E-state index is 0. The van der Waals surface area contributed by atoms with E-state index < -0.39 is 36.3 Å². The van der Waals surface area contributed by atoms with Gasteiger partial charge in [-0.05, 0) is 5.76 Å². The van der Waals surface area contributed by atoms with Gasteiger partial charge in [0.05, 0.1) is 6.61 Å². The number of ether oxygens (including phenoxy) is 1. The third-order valence-corrected chi connectivity index (χ3v) is 1.46. The number of aliphatic hydroxyl groups is 3. The molecule has 0 spiro atoms. The molecule has 2 atom stereocenters. The van der Waals surface area contributed by atoms with Crippen LogP contribution >= 0.6 is 0 Å². The zero-order chi connectivity index (χ0) is 9.30. The van der Waals surface area contributed by atoms with E-state index in [9.17, 15) is 9.90 Å². The molecule has 6 nitrogen and oxygen atoms in total. The molecule has 0 fully saturated rings. The van der Waals surface area contributed by atoms with Crippen LogP contribution in [0.3, 0.4) is 0 Å². The van der Waals surface area contributed by atoms with Crippen LogP contribution in [0.25, 0.3) is 0 Å². The van der Waals surface area contributed by atoms with Crippen LogP contribution in [0.5, 0.6) is 0 Å². The largest absolute Gasteiger partial charge is 1.00 e. The van der Waals surface area contributed by atoms with Crippen LogP contribution in [0.15, 0.2) is 11.5 Å². The Balaban J connectivity index is 0.00000144. The van der Waals surface area contributed by atoms with E-state index in [1.807, 2.05) is 0 Å². The molecule has 7 heteroatoms. The molecule has 3 N–H and O–H groups in total. The van der Waals surface area contributed by atoms with E-state index in [0.717, 1.165) is 0 Å². The average Bonchev–Trinajstić information content (AvgIpc) is 2.32. The maximum atomic E-state index is 10.8. The second-order valence-corrected chi connectivity index (χ2v) is 2.29. The number of hydrogen-bond acceptors (Lipinski definition) is 6. The van der Waals surface area contributed by atoms with Crippen molar-refractivity contribution in [1.29, 1.82) is 0 Å². The van der Waals surface area contributed by atoms with Gasteiger partial charge in [-0.3, -0.25) is 0 Å². The monoisotopic (exact) mass is 198 g/mol. The summed E-state index contributed by atoms with van der Waals surface area (Å²) >= 11 is 0. The van der Waals surface area contributed by atoms with Gasteiger partial charge in [-0.1, -0.05) is 0 Å². The molecule has 0 saturated carbocycles. The molecule has 1 aliphatic heterocycles. The fourth-order valence-electron chi connectivity index (χ4n) is 0.809. The molecule has 1 unspecified atom stereocenters. The van der Waals surface area contributed by atoms with Crippen LogP contribution in [-0.2, 0) is 9.53 Å². The summed E-state index contributed by atoms with van der Waals surface area (Å²) in [7, 11) is 0. The minimum atomic E-state index is -1.48. The van der Waals surface area contributed by atoms with Gasteiger partial charge in [0.2, 0.25) is 0 Å². The van der Waals surface area contributed by atoms with Crippen molar-refractivity contribution in [2.45, 2.75) is 12.2 Å². The molecule has 0 aromatic carbocycles. The molecule has 68 valence electrons. The maximum absolute atomic E-state index is 10.8. The van der Waals surface area contributed by atoms with Gasteiger partial charge < -0.3 is 25.2 Å². The van der Waals surface area contributed by atoms with Gasteiger partial charge in [0.25, 0.3) is 0 Å². The van der Waals surface area contributed by atoms with Gasteiger partial charge in [0.15, 0.2) is 5.76 Å². The standard InChI is InChI=1S/C6H8O6.Na/c7-1-2(8)5-3(9)4(10)6(11)12-5;/h2,5,7-10H,1H2;/q;+1/p-1/t2?,5-;/m0./s1. The molecule has 1 rings (SSSR count). The summed E-state index contributed by atoms with van der Waals surface area (Å²) in [6.07, 6.45) is -2.95. The fourth-order valence-corrected chi connectivity index (χ4v) is 0.809. The van der Waals surface area contributed by atoms with E-state index in [2.05, 4.69) is 4.74 Å². The summed E-state index contributed by atoms with van der Waals surface area (Å²) in [5, 5.41) is 36.8. The molecule has 0 aromatic rings. The van der Waals surface area contributed by atoms with Gasteiger partial charge in [-0.25, -0.2) is 4.79 Å². The smallest absolute Gasteiger partial charge is 0.870 e. The molecule has 0 saturated heterocycles. The zero-order valence-corrected chi connectivity index (χ0v) is 8.93. The SMILES string of the molecule is O=C1O[C@@H](C(O)CO)C([O-])=C1O.[Na+]. The van der Waals surface area contributed by atoms with Crippen molar-refractivity contribution in [2.24, 2.45) is 0 Å². The number of hydrogen-bond donors (Lipinski definition) is 3. The van der Waals surface area contributed by atoms with E-state index in [0.29, 0.717) is 0 Å². The maximum Gasteiger partial charge on any atom is 1.00 e. The Bertz CT molecular complexity index is 237. The Morgan fingerprint density at radius 1 is 1.62 bits per heavy atom. The number of rotatable bonds is 2. The first-order chi connectivity index (χ1) is 5.57. The Morgan fingerprint density at radius 2 is 2.15 bits per heavy atom. The number of carbonyl (C=O) groups is 1. The quantitative estimate of drug-likeness (QED) is 0.301. The number of esters is 1. The first-order valence-corrected chi connectivity index (χ1v) is 3.18. The summed E-state index contributed by atoms with van der Waals surface area (Å²) in [4.78, 5) is 10.5. The van der Waals surface area contributed by atoms with Gasteiger partial charge in [0.1, 0.15) is 12.2 Å². The second-order valence-electron chi connectivity index (χ2n) is 2.29. The molecule has 0 bridgehead atoms. The molecule has 0 radical (unpaired) electrons. The Hall–Kier alpha value is -0.270. The molecule has 0 aliphatic carbocycles. The van der Waals surface area contributed by atoms with Crippen molar-refractivity contribution >= 4 is 5.97 Å². The first-order valence-electron chi connectivity index (χ1n) is 3.18. The van der Waals surface area contributed by atoms with Crippen molar-refractivity contribution in [2.75, 3.05) is 6.61 Å². The predicted octanol–water partition coefficient (Wildman–Crippen LogP) is -5.60. The van der Waals surface area contributed by atoms with E-state index >= 15 is 0 Å². The molecule has 1 aliphatic rings.